The third-order valence-electron chi connectivity index (χ3n) is 6.56. The minimum atomic E-state index is 0.0120. The Bertz CT molecular complexity index is 1400. The molecule has 7 nitrogen and oxygen atoms in total. The van der Waals surface area contributed by atoms with Crippen molar-refractivity contribution in [3.05, 3.63) is 107 Å². The van der Waals surface area contributed by atoms with Crippen LogP contribution < -0.4 is 20.1 Å². The van der Waals surface area contributed by atoms with E-state index < -0.39 is 0 Å². The van der Waals surface area contributed by atoms with E-state index in [2.05, 4.69) is 0 Å². The van der Waals surface area contributed by atoms with Crippen LogP contribution in [-0.4, -0.2) is 38.0 Å². The molecule has 0 atom stereocenters. The number of hydrogen-bond acceptors (Lipinski definition) is 5. The smallest absolute Gasteiger partial charge is 0.205 e. The van der Waals surface area contributed by atoms with Crippen LogP contribution in [0.1, 0.15) is 31.8 Å². The van der Waals surface area contributed by atoms with E-state index in [4.69, 9.17) is 14.2 Å². The number of rotatable bonds is 8. The molecule has 0 spiro atoms. The van der Waals surface area contributed by atoms with Crippen molar-refractivity contribution in [2.24, 2.45) is 0 Å². The predicted octanol–water partition coefficient (Wildman–Crippen LogP) is 3.30. The van der Waals surface area contributed by atoms with Gasteiger partial charge in [0.15, 0.2) is 0 Å². The van der Waals surface area contributed by atoms with Gasteiger partial charge in [-0.1, -0.05) is 24.3 Å². The molecule has 2 aliphatic rings. The Hall–Kier alpha value is -4.30. The first-order valence-electron chi connectivity index (χ1n) is 12.3. The van der Waals surface area contributed by atoms with Gasteiger partial charge in [-0.3, -0.25) is 20.2 Å². The van der Waals surface area contributed by atoms with Crippen LogP contribution in [0.5, 0.6) is 11.5 Å². The average Bonchev–Trinajstić information content (AvgIpc) is 2.93. The molecule has 4 aromatic rings. The summed E-state index contributed by atoms with van der Waals surface area (Å²) in [5.74, 6) is 1.30. The summed E-state index contributed by atoms with van der Waals surface area (Å²) in [5.41, 5.74) is 6.39. The fourth-order valence-electron chi connectivity index (χ4n) is 4.72. The van der Waals surface area contributed by atoms with Crippen molar-refractivity contribution in [3.63, 3.8) is 0 Å². The molecule has 2 heterocycles. The van der Waals surface area contributed by atoms with Crippen molar-refractivity contribution in [2.45, 2.75) is 0 Å². The molecule has 0 saturated heterocycles. The summed E-state index contributed by atoms with van der Waals surface area (Å²) in [4.78, 5) is 25.7. The molecule has 0 aliphatic carbocycles. The lowest BCUT2D eigenvalue weighted by atomic mass is 9.96. The zero-order valence-electron chi connectivity index (χ0n) is 20.1. The normalized spacial score (nSPS) is 13.3. The molecule has 0 unspecified atom stereocenters. The first kappa shape index (κ1) is 23.1. The molecule has 0 saturated carbocycles. The molecular formula is C30H26N2O5+2. The number of ketones is 2. The van der Waals surface area contributed by atoms with Crippen LogP contribution >= 0.6 is 0 Å². The summed E-state index contributed by atoms with van der Waals surface area (Å²) in [7, 11) is 0. The first-order chi connectivity index (χ1) is 18.2. The van der Waals surface area contributed by atoms with Gasteiger partial charge in [-0.2, -0.15) is 0 Å². The molecule has 0 bridgehead atoms. The van der Waals surface area contributed by atoms with E-state index in [1.165, 1.54) is 0 Å². The van der Waals surface area contributed by atoms with Crippen molar-refractivity contribution in [3.8, 4) is 11.5 Å². The highest BCUT2D eigenvalue weighted by molar-refractivity contribution is 6.15. The Morgan fingerprint density at radius 3 is 1.41 bits per heavy atom. The van der Waals surface area contributed by atoms with Crippen molar-refractivity contribution in [1.82, 2.24) is 0 Å². The highest BCUT2D eigenvalue weighted by Gasteiger charge is 2.28. The number of hydrogen-bond donors (Lipinski definition) is 2. The van der Waals surface area contributed by atoms with Gasteiger partial charge < -0.3 is 14.2 Å². The maximum absolute atomic E-state index is 12.8. The molecule has 0 radical (unpaired) electrons. The number of ether oxygens (including phenoxy) is 3. The van der Waals surface area contributed by atoms with Crippen LogP contribution in [0, 0.1) is 0 Å². The molecule has 0 amide bonds. The Morgan fingerprint density at radius 2 is 0.919 bits per heavy atom. The Kier molecular flexibility index (Phi) is 6.24. The zero-order valence-corrected chi connectivity index (χ0v) is 20.1. The molecular weight excluding hydrogens is 468 g/mol. The molecule has 7 heteroatoms. The highest BCUT2D eigenvalue weighted by Crippen LogP contribution is 2.29. The van der Waals surface area contributed by atoms with Gasteiger partial charge in [-0.25, -0.2) is 0 Å². The number of nitrogens with two attached hydrogens (primary N) is 2. The van der Waals surface area contributed by atoms with Crippen molar-refractivity contribution in [1.29, 1.82) is 0 Å². The van der Waals surface area contributed by atoms with Crippen molar-refractivity contribution >= 4 is 34.3 Å². The summed E-state index contributed by atoms with van der Waals surface area (Å²) in [5, 5.41) is 4.04. The summed E-state index contributed by atoms with van der Waals surface area (Å²) in [6.45, 7) is 1.49. The summed E-state index contributed by atoms with van der Waals surface area (Å²) in [6, 6.07) is 26.3. The van der Waals surface area contributed by atoms with Gasteiger partial charge in [0.25, 0.3) is 0 Å². The monoisotopic (exact) mass is 494 g/mol. The second-order valence-electron chi connectivity index (χ2n) is 8.93. The number of benzene rings is 4. The van der Waals surface area contributed by atoms with Gasteiger partial charge in [0, 0.05) is 24.3 Å². The summed E-state index contributed by atoms with van der Waals surface area (Å²) >= 11 is 0. The van der Waals surface area contributed by atoms with Crippen molar-refractivity contribution < 1.29 is 34.4 Å². The second-order valence-corrected chi connectivity index (χ2v) is 8.93. The fraction of sp³-hybridized carbons (Fsp3) is 0.133. The minimum absolute atomic E-state index is 0.0120. The topological polar surface area (TPSA) is 95.0 Å². The summed E-state index contributed by atoms with van der Waals surface area (Å²) in [6.07, 6.45) is 0. The van der Waals surface area contributed by atoms with E-state index in [1.54, 1.807) is 12.1 Å². The van der Waals surface area contributed by atoms with Gasteiger partial charge in [0.2, 0.25) is 11.6 Å². The molecule has 37 heavy (non-hydrogen) atoms. The standard InChI is InChI=1S/C30H24N2O5/c33-29-21-5-1-3-7-25(21)31-27-11-9-19(17-23(27)29)36-15-13-35-14-16-37-20-10-12-28-24(18-20)30(34)22-6-2-4-8-26(22)32-28/h1-12,17-18H,13-16H2,(H,31,33)(H,32,34)/p+2. The van der Waals surface area contributed by atoms with Crippen molar-refractivity contribution in [2.75, 3.05) is 26.4 Å². The molecule has 0 aromatic heterocycles. The van der Waals surface area contributed by atoms with Gasteiger partial charge >= 0.3 is 0 Å². The van der Waals surface area contributed by atoms with E-state index in [1.807, 2.05) is 83.4 Å². The zero-order chi connectivity index (χ0) is 25.2. The molecule has 0 fully saturated rings. The number of para-hydroxylation sites is 2. The van der Waals surface area contributed by atoms with Crippen LogP contribution in [-0.2, 0) is 4.74 Å². The molecule has 2 aliphatic heterocycles. The van der Waals surface area contributed by atoms with Crippen LogP contribution in [0.3, 0.4) is 0 Å². The lowest BCUT2D eigenvalue weighted by Crippen LogP contribution is -2.73. The van der Waals surface area contributed by atoms with E-state index in [-0.39, 0.29) is 11.6 Å². The van der Waals surface area contributed by atoms with Gasteiger partial charge in [0.1, 0.15) is 47.5 Å². The molecule has 4 aromatic carbocycles. The quantitative estimate of drug-likeness (QED) is 0.250. The van der Waals surface area contributed by atoms with Gasteiger partial charge in [-0.05, 0) is 36.4 Å². The predicted molar refractivity (Wildman–Crippen MR) is 137 cm³/mol. The van der Waals surface area contributed by atoms with Crippen LogP contribution in [0.15, 0.2) is 84.9 Å². The Balaban J connectivity index is 0.961. The van der Waals surface area contributed by atoms with Crippen LogP contribution in [0.2, 0.25) is 0 Å². The number of carbonyl (C=O) groups excluding carboxylic acids is 2. The minimum Gasteiger partial charge on any atom is -0.491 e. The number of quaternary nitrogens is 2. The average molecular weight is 495 g/mol. The van der Waals surface area contributed by atoms with E-state index >= 15 is 0 Å². The third kappa shape index (κ3) is 4.63. The molecule has 184 valence electrons. The van der Waals surface area contributed by atoms with E-state index in [0.717, 1.165) is 22.7 Å². The molecule has 4 N–H and O–H groups in total. The van der Waals surface area contributed by atoms with E-state index in [0.29, 0.717) is 60.2 Å². The van der Waals surface area contributed by atoms with Crippen LogP contribution in [0.25, 0.3) is 0 Å². The first-order valence-corrected chi connectivity index (χ1v) is 12.3. The second kappa shape index (κ2) is 9.99. The third-order valence-corrected chi connectivity index (χ3v) is 6.56. The van der Waals surface area contributed by atoms with Crippen LogP contribution in [0.4, 0.5) is 22.7 Å². The van der Waals surface area contributed by atoms with E-state index in [9.17, 15) is 9.59 Å². The number of carbonyl (C=O) groups is 2. The Labute approximate surface area is 214 Å². The van der Waals surface area contributed by atoms with Gasteiger partial charge in [-0.15, -0.1) is 0 Å². The Morgan fingerprint density at radius 1 is 0.486 bits per heavy atom. The molecule has 6 rings (SSSR count). The fourth-order valence-corrected chi connectivity index (χ4v) is 4.72. The maximum Gasteiger partial charge on any atom is 0.205 e. The largest absolute Gasteiger partial charge is 0.491 e. The maximum atomic E-state index is 12.8. The lowest BCUT2D eigenvalue weighted by molar-refractivity contribution is -0.480. The lowest BCUT2D eigenvalue weighted by Gasteiger charge is -2.16. The highest BCUT2D eigenvalue weighted by atomic mass is 16.5. The number of fused-ring (bicyclic) bond motifs is 4. The summed E-state index contributed by atoms with van der Waals surface area (Å²) < 4.78 is 17.2. The van der Waals surface area contributed by atoms with Gasteiger partial charge in [0.05, 0.1) is 35.5 Å². The SMILES string of the molecule is O=C1c2ccccc2[NH2+]c2ccc(OCCOCCOc3ccc4c(c3)C(=O)c3ccccc3[NH2+]4)cc21.